The summed E-state index contributed by atoms with van der Waals surface area (Å²) in [4.78, 5) is 18.2. The number of fused-ring (bicyclic) bond motifs is 1. The van der Waals surface area contributed by atoms with Crippen LogP contribution in [0.15, 0.2) is 30.6 Å². The predicted molar refractivity (Wildman–Crippen MR) is 84.9 cm³/mol. The zero-order valence-corrected chi connectivity index (χ0v) is 13.4. The van der Waals surface area contributed by atoms with Gasteiger partial charge in [-0.1, -0.05) is 6.07 Å². The molecule has 0 radical (unpaired) electrons. The zero-order valence-electron chi connectivity index (χ0n) is 13.4. The van der Waals surface area contributed by atoms with Crippen molar-refractivity contribution in [1.82, 2.24) is 14.5 Å². The maximum atomic E-state index is 11.7. The molecule has 0 amide bonds. The van der Waals surface area contributed by atoms with Crippen LogP contribution < -0.4 is 9.47 Å². The first kappa shape index (κ1) is 15.0. The van der Waals surface area contributed by atoms with Crippen LogP contribution in [0.4, 0.5) is 0 Å². The maximum Gasteiger partial charge on any atom is 0.308 e. The highest BCUT2D eigenvalue weighted by atomic mass is 16.7. The number of carbonyl (C=O) groups is 1. The van der Waals surface area contributed by atoms with Gasteiger partial charge in [-0.2, -0.15) is 0 Å². The number of imidazole rings is 1. The van der Waals surface area contributed by atoms with Crippen molar-refractivity contribution < 1.29 is 19.4 Å². The second-order valence-electron chi connectivity index (χ2n) is 6.31. The fraction of sp³-hybridized carbons (Fsp3) is 0.412. The quantitative estimate of drug-likeness (QED) is 0.915. The second kappa shape index (κ2) is 5.83. The number of aromatic nitrogens is 2. The molecular weight excluding hydrogens is 310 g/mol. The van der Waals surface area contributed by atoms with E-state index < -0.39 is 11.9 Å². The number of hydrogen-bond acceptors (Lipinski definition) is 5. The molecule has 0 aliphatic carbocycles. The van der Waals surface area contributed by atoms with E-state index >= 15 is 0 Å². The Labute approximate surface area is 139 Å². The average Bonchev–Trinajstić information content (AvgIpc) is 3.27. The highest BCUT2D eigenvalue weighted by Gasteiger charge is 2.39. The molecule has 1 N–H and O–H groups in total. The summed E-state index contributed by atoms with van der Waals surface area (Å²) in [5, 5.41) is 9.63. The molecule has 2 aliphatic rings. The topological polar surface area (TPSA) is 76.8 Å². The van der Waals surface area contributed by atoms with E-state index in [0.29, 0.717) is 31.1 Å². The minimum Gasteiger partial charge on any atom is -0.481 e. The SMILES string of the molecule is Cn1ccnc1CN1C[C@H](C(=O)O)[C@@H](c2ccc3c(c2)OCO3)C1. The average molecular weight is 329 g/mol. The number of likely N-dealkylation sites (tertiary alicyclic amines) is 1. The Morgan fingerprint density at radius 2 is 2.17 bits per heavy atom. The largest absolute Gasteiger partial charge is 0.481 e. The van der Waals surface area contributed by atoms with Gasteiger partial charge in [0.15, 0.2) is 11.5 Å². The summed E-state index contributed by atoms with van der Waals surface area (Å²) in [5.74, 6) is 1.07. The van der Waals surface area contributed by atoms with Gasteiger partial charge in [-0.25, -0.2) is 4.98 Å². The Morgan fingerprint density at radius 1 is 1.33 bits per heavy atom. The summed E-state index contributed by atoms with van der Waals surface area (Å²) in [7, 11) is 1.95. The molecule has 0 bridgehead atoms. The van der Waals surface area contributed by atoms with Crippen LogP contribution in [0.1, 0.15) is 17.3 Å². The van der Waals surface area contributed by atoms with Gasteiger partial charge in [0, 0.05) is 38.4 Å². The van der Waals surface area contributed by atoms with Crippen LogP contribution in [-0.2, 0) is 18.4 Å². The predicted octanol–water partition coefficient (Wildman–Crippen LogP) is 1.45. The molecule has 2 aliphatic heterocycles. The Hall–Kier alpha value is -2.54. The van der Waals surface area contributed by atoms with Crippen molar-refractivity contribution in [2.45, 2.75) is 12.5 Å². The van der Waals surface area contributed by atoms with Crippen molar-refractivity contribution in [2.75, 3.05) is 19.9 Å². The standard InChI is InChI=1S/C17H19N3O4/c1-19-5-4-18-16(19)9-20-7-12(13(8-20)17(21)22)11-2-3-14-15(6-11)24-10-23-14/h2-6,12-13H,7-10H2,1H3,(H,21,22)/t12-,13+/m1/s1. The fourth-order valence-corrected chi connectivity index (χ4v) is 3.49. The lowest BCUT2D eigenvalue weighted by Gasteiger charge is -2.16. The van der Waals surface area contributed by atoms with E-state index in [1.54, 1.807) is 6.20 Å². The molecule has 1 aromatic carbocycles. The van der Waals surface area contributed by atoms with Gasteiger partial charge in [0.25, 0.3) is 0 Å². The normalized spacial score (nSPS) is 22.9. The van der Waals surface area contributed by atoms with Crippen LogP contribution in [0.5, 0.6) is 11.5 Å². The second-order valence-corrected chi connectivity index (χ2v) is 6.31. The lowest BCUT2D eigenvalue weighted by Crippen LogP contribution is -2.24. The molecule has 0 spiro atoms. The van der Waals surface area contributed by atoms with Gasteiger partial charge in [-0.15, -0.1) is 0 Å². The molecule has 1 fully saturated rings. The van der Waals surface area contributed by atoms with Crippen molar-refractivity contribution in [2.24, 2.45) is 13.0 Å². The van der Waals surface area contributed by atoms with Crippen LogP contribution in [0.3, 0.4) is 0 Å². The molecule has 1 saturated heterocycles. The van der Waals surface area contributed by atoms with Crippen LogP contribution in [0.2, 0.25) is 0 Å². The highest BCUT2D eigenvalue weighted by molar-refractivity contribution is 5.72. The van der Waals surface area contributed by atoms with Gasteiger partial charge >= 0.3 is 5.97 Å². The minimum absolute atomic E-state index is 0.0720. The minimum atomic E-state index is -0.764. The molecule has 0 unspecified atom stereocenters. The van der Waals surface area contributed by atoms with Crippen molar-refractivity contribution in [3.63, 3.8) is 0 Å². The third kappa shape index (κ3) is 2.60. The Bertz CT molecular complexity index is 773. The van der Waals surface area contributed by atoms with Crippen molar-refractivity contribution in [3.05, 3.63) is 42.0 Å². The van der Waals surface area contributed by atoms with Crippen LogP contribution in [-0.4, -0.2) is 45.4 Å². The molecule has 7 heteroatoms. The first-order valence-electron chi connectivity index (χ1n) is 7.92. The number of hydrogen-bond donors (Lipinski definition) is 1. The van der Waals surface area contributed by atoms with Crippen molar-refractivity contribution >= 4 is 5.97 Å². The van der Waals surface area contributed by atoms with E-state index in [0.717, 1.165) is 11.4 Å². The number of rotatable bonds is 4. The van der Waals surface area contributed by atoms with Crippen LogP contribution >= 0.6 is 0 Å². The van der Waals surface area contributed by atoms with Crippen LogP contribution in [0.25, 0.3) is 0 Å². The summed E-state index contributed by atoms with van der Waals surface area (Å²) < 4.78 is 12.7. The first-order chi connectivity index (χ1) is 11.6. The molecule has 4 rings (SSSR count). The number of aryl methyl sites for hydroxylation is 1. The first-order valence-corrected chi connectivity index (χ1v) is 7.92. The van der Waals surface area contributed by atoms with Crippen LogP contribution in [0, 0.1) is 5.92 Å². The van der Waals surface area contributed by atoms with Gasteiger partial charge < -0.3 is 19.1 Å². The number of carboxylic acids is 1. The molecule has 2 aromatic rings. The maximum absolute atomic E-state index is 11.7. The van der Waals surface area contributed by atoms with E-state index in [1.165, 1.54) is 0 Å². The lowest BCUT2D eigenvalue weighted by atomic mass is 9.89. The molecule has 24 heavy (non-hydrogen) atoms. The van der Waals surface area contributed by atoms with Gasteiger partial charge in [0.1, 0.15) is 5.82 Å². The Kier molecular flexibility index (Phi) is 3.65. The van der Waals surface area contributed by atoms with Gasteiger partial charge in [-0.3, -0.25) is 9.69 Å². The van der Waals surface area contributed by atoms with Gasteiger partial charge in [0.2, 0.25) is 6.79 Å². The number of carboxylic acid groups (broad SMARTS) is 1. The van der Waals surface area contributed by atoms with Crippen molar-refractivity contribution in [3.8, 4) is 11.5 Å². The van der Waals surface area contributed by atoms with Crippen molar-refractivity contribution in [1.29, 1.82) is 0 Å². The number of benzene rings is 1. The molecule has 0 saturated carbocycles. The zero-order chi connectivity index (χ0) is 16.7. The summed E-state index contributed by atoms with van der Waals surface area (Å²) in [6, 6.07) is 5.71. The molecule has 2 atom stereocenters. The van der Waals surface area contributed by atoms with E-state index in [-0.39, 0.29) is 12.7 Å². The van der Waals surface area contributed by atoms with Gasteiger partial charge in [0.05, 0.1) is 12.5 Å². The Balaban J connectivity index is 1.57. The molecule has 126 valence electrons. The number of nitrogens with zero attached hydrogens (tertiary/aromatic N) is 3. The third-order valence-electron chi connectivity index (χ3n) is 4.82. The van der Waals surface area contributed by atoms with E-state index in [4.69, 9.17) is 9.47 Å². The monoisotopic (exact) mass is 329 g/mol. The van der Waals surface area contributed by atoms with E-state index in [2.05, 4.69) is 9.88 Å². The van der Waals surface area contributed by atoms with E-state index in [9.17, 15) is 9.90 Å². The summed E-state index contributed by atoms with van der Waals surface area (Å²) in [5.41, 5.74) is 0.981. The third-order valence-corrected chi connectivity index (χ3v) is 4.82. The number of aliphatic carboxylic acids is 1. The molecular formula is C17H19N3O4. The number of ether oxygens (including phenoxy) is 2. The smallest absolute Gasteiger partial charge is 0.308 e. The molecule has 3 heterocycles. The molecule has 1 aromatic heterocycles. The lowest BCUT2D eigenvalue weighted by molar-refractivity contribution is -0.141. The fourth-order valence-electron chi connectivity index (χ4n) is 3.49. The summed E-state index contributed by atoms with van der Waals surface area (Å²) in [6.45, 7) is 2.07. The Morgan fingerprint density at radius 3 is 2.92 bits per heavy atom. The van der Waals surface area contributed by atoms with E-state index in [1.807, 2.05) is 36.0 Å². The van der Waals surface area contributed by atoms with Gasteiger partial charge in [-0.05, 0) is 17.7 Å². The summed E-state index contributed by atoms with van der Waals surface area (Å²) in [6.07, 6.45) is 3.66. The molecule has 7 nitrogen and oxygen atoms in total. The highest BCUT2D eigenvalue weighted by Crippen LogP contribution is 2.39. The summed E-state index contributed by atoms with van der Waals surface area (Å²) >= 11 is 0.